The Morgan fingerprint density at radius 1 is 1.02 bits per heavy atom. The van der Waals surface area contributed by atoms with Crippen LogP contribution >= 0.6 is 11.6 Å². The second kappa shape index (κ2) is 13.9. The number of carbonyl (C=O) groups excluding carboxylic acids is 2. The van der Waals surface area contributed by atoms with Crippen LogP contribution in [0, 0.1) is 17.8 Å². The molecule has 3 heterocycles. The number of anilines is 1. The lowest BCUT2D eigenvalue weighted by atomic mass is 9.61. The zero-order valence-corrected chi connectivity index (χ0v) is 28.7. The molecule has 4 aliphatic rings. The molecule has 47 heavy (non-hydrogen) atoms. The van der Waals surface area contributed by atoms with Crippen LogP contribution in [0.2, 0.25) is 5.02 Å². The van der Waals surface area contributed by atoms with Crippen molar-refractivity contribution in [1.82, 2.24) is 10.0 Å². The molecule has 0 aromatic heterocycles. The monoisotopic (exact) mass is 687 g/mol. The summed E-state index contributed by atoms with van der Waals surface area (Å²) in [7, 11) is -4.01. The van der Waals surface area contributed by atoms with E-state index in [2.05, 4.69) is 14.9 Å². The molecule has 2 fully saturated rings. The van der Waals surface area contributed by atoms with E-state index in [9.17, 15) is 23.1 Å². The van der Waals surface area contributed by atoms with E-state index in [4.69, 9.17) is 21.1 Å². The first-order chi connectivity index (χ1) is 22.5. The fraction of sp³-hybridized carbons (Fsp3) is 0.600. The summed E-state index contributed by atoms with van der Waals surface area (Å²) in [6.07, 6.45) is 4.55. The fourth-order valence-electron chi connectivity index (χ4n) is 7.74. The Hall–Kier alpha value is -2.86. The number of benzene rings is 2. The molecule has 3 aliphatic heterocycles. The van der Waals surface area contributed by atoms with Crippen LogP contribution < -0.4 is 19.7 Å². The smallest absolute Gasteiger partial charge is 0.264 e. The molecule has 2 aromatic carbocycles. The predicted molar refractivity (Wildman–Crippen MR) is 180 cm³/mol. The summed E-state index contributed by atoms with van der Waals surface area (Å²) in [6, 6.07) is 10.9. The first-order valence-corrected chi connectivity index (χ1v) is 18.9. The van der Waals surface area contributed by atoms with Crippen molar-refractivity contribution in [3.05, 3.63) is 58.1 Å². The molecule has 1 saturated carbocycles. The molecule has 6 atom stereocenters. The Bertz CT molecular complexity index is 1600. The van der Waals surface area contributed by atoms with Crippen molar-refractivity contribution in [3.63, 3.8) is 0 Å². The van der Waals surface area contributed by atoms with Crippen LogP contribution in [0.15, 0.2) is 36.4 Å². The third kappa shape index (κ3) is 7.14. The summed E-state index contributed by atoms with van der Waals surface area (Å²) in [5.74, 6) is -0.829. The average molecular weight is 688 g/mol. The van der Waals surface area contributed by atoms with E-state index in [0.29, 0.717) is 68.6 Å². The summed E-state index contributed by atoms with van der Waals surface area (Å²) < 4.78 is 41.5. The highest BCUT2D eigenvalue weighted by Gasteiger charge is 2.54. The Kier molecular flexibility index (Phi) is 10.1. The Morgan fingerprint density at radius 3 is 2.62 bits per heavy atom. The number of carbonyl (C=O) groups is 2. The molecular weight excluding hydrogens is 642 g/mol. The number of nitrogens with zero attached hydrogens (tertiary/aromatic N) is 1. The quantitative estimate of drug-likeness (QED) is 0.396. The first-order valence-electron chi connectivity index (χ1n) is 16.9. The zero-order chi connectivity index (χ0) is 33.3. The number of morpholine rings is 1. The van der Waals surface area contributed by atoms with Gasteiger partial charge in [0.05, 0.1) is 17.5 Å². The Labute approximate surface area is 282 Å². The standard InChI is InChI=1S/C35H46ClN3O7S/c1-22-6-5-14-35(42,32-34(41)37-15-17-45-32)29-12-9-26(29)20-39-16-4-3-7-24-18-28(36)11-8-27(24)21-46-31-13-10-25(19-30(31)39)33(40)38-47(43,44)23(22)2/h8,10-11,13,18-19,22-23,26,29,32,42H,3-7,9,12,14-17,20-21H2,1-2H3,(H,37,41)(H,38,40)/t22-,23+,26-,29+,32-,35-/m0/s1. The van der Waals surface area contributed by atoms with Gasteiger partial charge < -0.3 is 24.8 Å². The molecule has 10 nitrogen and oxygen atoms in total. The van der Waals surface area contributed by atoms with E-state index in [-0.39, 0.29) is 29.2 Å². The molecule has 0 spiro atoms. The van der Waals surface area contributed by atoms with Gasteiger partial charge in [0, 0.05) is 30.2 Å². The predicted octanol–water partition coefficient (Wildman–Crippen LogP) is 4.60. The molecule has 1 aliphatic carbocycles. The average Bonchev–Trinajstić information content (AvgIpc) is 3.05. The number of halogens is 1. The van der Waals surface area contributed by atoms with Crippen LogP contribution in [0.1, 0.15) is 80.3 Å². The molecule has 2 amide bonds. The number of nitrogens with one attached hydrogen (secondary N) is 2. The van der Waals surface area contributed by atoms with Crippen LogP contribution in [-0.2, 0) is 32.6 Å². The summed E-state index contributed by atoms with van der Waals surface area (Å²) in [5, 5.41) is 15.1. The van der Waals surface area contributed by atoms with E-state index in [1.54, 1.807) is 25.1 Å². The lowest BCUT2D eigenvalue weighted by Gasteiger charge is -2.52. The van der Waals surface area contributed by atoms with Gasteiger partial charge >= 0.3 is 0 Å². The van der Waals surface area contributed by atoms with Crippen LogP contribution in [0.4, 0.5) is 5.69 Å². The van der Waals surface area contributed by atoms with Crippen molar-refractivity contribution in [2.24, 2.45) is 17.8 Å². The lowest BCUT2D eigenvalue weighted by molar-refractivity contribution is -0.191. The fourth-order valence-corrected chi connectivity index (χ4v) is 9.24. The zero-order valence-electron chi connectivity index (χ0n) is 27.2. The summed E-state index contributed by atoms with van der Waals surface area (Å²) in [5.41, 5.74) is 1.69. The van der Waals surface area contributed by atoms with Crippen molar-refractivity contribution in [2.75, 3.05) is 31.1 Å². The number of aryl methyl sites for hydroxylation is 1. The lowest BCUT2D eigenvalue weighted by Crippen LogP contribution is -2.63. The van der Waals surface area contributed by atoms with E-state index >= 15 is 0 Å². The van der Waals surface area contributed by atoms with Crippen molar-refractivity contribution in [1.29, 1.82) is 0 Å². The normalized spacial score (nSPS) is 31.8. The molecule has 0 radical (unpaired) electrons. The summed E-state index contributed by atoms with van der Waals surface area (Å²) >= 11 is 6.34. The van der Waals surface area contributed by atoms with Gasteiger partial charge in [0.15, 0.2) is 6.10 Å². The Morgan fingerprint density at radius 2 is 1.85 bits per heavy atom. The maximum absolute atomic E-state index is 13.5. The van der Waals surface area contributed by atoms with Gasteiger partial charge in [-0.1, -0.05) is 31.0 Å². The van der Waals surface area contributed by atoms with Crippen LogP contribution in [-0.4, -0.2) is 68.5 Å². The van der Waals surface area contributed by atoms with Crippen molar-refractivity contribution in [2.45, 2.75) is 88.8 Å². The number of fused-ring (bicyclic) bond motifs is 3. The minimum atomic E-state index is -4.01. The summed E-state index contributed by atoms with van der Waals surface area (Å²) in [6.45, 7) is 5.72. The maximum atomic E-state index is 13.5. The Balaban J connectivity index is 1.40. The number of hydrogen-bond acceptors (Lipinski definition) is 8. The molecule has 2 aromatic rings. The van der Waals surface area contributed by atoms with Gasteiger partial charge in [-0.25, -0.2) is 13.1 Å². The molecule has 0 unspecified atom stereocenters. The van der Waals surface area contributed by atoms with Crippen LogP contribution in [0.5, 0.6) is 5.75 Å². The van der Waals surface area contributed by atoms with Crippen molar-refractivity contribution < 1.29 is 32.6 Å². The first kappa shape index (κ1) is 34.0. The molecule has 12 heteroatoms. The van der Waals surface area contributed by atoms with E-state index in [1.807, 2.05) is 25.1 Å². The van der Waals surface area contributed by atoms with Gasteiger partial charge in [-0.05, 0) is 111 Å². The topological polar surface area (TPSA) is 134 Å². The molecule has 1 saturated heterocycles. The van der Waals surface area contributed by atoms with Gasteiger partial charge in [0.1, 0.15) is 18.0 Å². The van der Waals surface area contributed by atoms with Gasteiger partial charge in [-0.3, -0.25) is 9.59 Å². The molecule has 6 rings (SSSR count). The number of amides is 2. The summed E-state index contributed by atoms with van der Waals surface area (Å²) in [4.78, 5) is 28.8. The van der Waals surface area contributed by atoms with Gasteiger partial charge in [0.2, 0.25) is 10.0 Å². The highest BCUT2D eigenvalue weighted by molar-refractivity contribution is 7.90. The second-order valence-electron chi connectivity index (χ2n) is 13.8. The number of sulfonamides is 1. The molecular formula is C35H46ClN3O7S. The minimum Gasteiger partial charge on any atom is -0.487 e. The number of hydrogen-bond donors (Lipinski definition) is 3. The number of ether oxygens (including phenoxy) is 2. The van der Waals surface area contributed by atoms with Crippen molar-refractivity contribution in [3.8, 4) is 5.75 Å². The van der Waals surface area contributed by atoms with Gasteiger partial charge in [0.25, 0.3) is 11.8 Å². The third-order valence-corrected chi connectivity index (χ3v) is 13.0. The van der Waals surface area contributed by atoms with E-state index in [0.717, 1.165) is 43.2 Å². The largest absolute Gasteiger partial charge is 0.487 e. The van der Waals surface area contributed by atoms with Crippen molar-refractivity contribution >= 4 is 39.1 Å². The van der Waals surface area contributed by atoms with E-state index in [1.165, 1.54) is 0 Å². The van der Waals surface area contributed by atoms with Crippen LogP contribution in [0.3, 0.4) is 0 Å². The SMILES string of the molecule is C[C@@H]1[C@@H](C)CCC[C@@](O)([C@H]2OCCNC2=O)[C@@H]2CC[C@H]2CN2CCCCc3cc(Cl)ccc3COc3ccc(cc32)C(=O)NS1(=O)=O. The molecule has 2 bridgehead atoms. The van der Waals surface area contributed by atoms with Gasteiger partial charge in [-0.2, -0.15) is 0 Å². The number of rotatable bonds is 1. The van der Waals surface area contributed by atoms with Gasteiger partial charge in [-0.15, -0.1) is 0 Å². The number of aliphatic hydroxyl groups is 1. The maximum Gasteiger partial charge on any atom is 0.264 e. The highest BCUT2D eigenvalue weighted by Crippen LogP contribution is 2.48. The van der Waals surface area contributed by atoms with Crippen LogP contribution in [0.25, 0.3) is 0 Å². The highest BCUT2D eigenvalue weighted by atomic mass is 35.5. The van der Waals surface area contributed by atoms with E-state index < -0.39 is 32.9 Å². The molecule has 256 valence electrons. The third-order valence-electron chi connectivity index (χ3n) is 10.9. The second-order valence-corrected chi connectivity index (χ2v) is 16.3. The minimum absolute atomic E-state index is 0.0643. The molecule has 3 N–H and O–H groups in total.